The second kappa shape index (κ2) is 11.2. The molecular formula is C32H38N4O3. The van der Waals surface area contributed by atoms with E-state index >= 15 is 0 Å². The third kappa shape index (κ3) is 5.42. The number of H-pyrrole nitrogens is 1. The van der Waals surface area contributed by atoms with Crippen LogP contribution in [0.3, 0.4) is 0 Å². The molecule has 5 rings (SSSR count). The van der Waals surface area contributed by atoms with Gasteiger partial charge >= 0.3 is 0 Å². The van der Waals surface area contributed by atoms with Crippen molar-refractivity contribution in [3.63, 3.8) is 0 Å². The highest BCUT2D eigenvalue weighted by molar-refractivity contribution is 6.07. The second-order valence-corrected chi connectivity index (χ2v) is 10.6. The zero-order valence-corrected chi connectivity index (χ0v) is 23.6. The van der Waals surface area contributed by atoms with Gasteiger partial charge in [-0.2, -0.15) is 0 Å². The van der Waals surface area contributed by atoms with E-state index in [1.54, 1.807) is 0 Å². The molecule has 1 aliphatic rings. The molecule has 1 saturated heterocycles. The van der Waals surface area contributed by atoms with E-state index in [1.165, 1.54) is 16.5 Å². The van der Waals surface area contributed by atoms with Crippen LogP contribution in [0.4, 0.5) is 0 Å². The molecule has 204 valence electrons. The summed E-state index contributed by atoms with van der Waals surface area (Å²) in [5, 5.41) is 4.19. The molecule has 4 aromatic rings. The number of aryl methyl sites for hydroxylation is 5. The molecule has 0 radical (unpaired) electrons. The number of hydrogen-bond acceptors (Lipinski definition) is 4. The minimum Gasteiger partial charge on any atom is -0.379 e. The molecule has 0 atom stereocenters. The number of pyridine rings is 1. The lowest BCUT2D eigenvalue weighted by Gasteiger charge is -2.26. The molecule has 0 unspecified atom stereocenters. The minimum absolute atomic E-state index is 0.159. The maximum absolute atomic E-state index is 13.6. The normalized spacial score (nSPS) is 14.2. The number of benzene rings is 2. The Morgan fingerprint density at radius 3 is 2.41 bits per heavy atom. The number of aromatic nitrogens is 2. The van der Waals surface area contributed by atoms with Crippen molar-refractivity contribution in [2.75, 3.05) is 26.3 Å². The molecule has 2 aromatic carbocycles. The van der Waals surface area contributed by atoms with Crippen molar-refractivity contribution in [3.05, 3.63) is 92.0 Å². The second-order valence-electron chi connectivity index (χ2n) is 10.6. The largest absolute Gasteiger partial charge is 0.379 e. The number of nitrogens with zero attached hydrogens (tertiary/aromatic N) is 2. The van der Waals surface area contributed by atoms with Crippen LogP contribution < -0.4 is 10.9 Å². The molecule has 0 aliphatic carbocycles. The van der Waals surface area contributed by atoms with Crippen molar-refractivity contribution in [2.24, 2.45) is 0 Å². The predicted octanol–water partition coefficient (Wildman–Crippen LogP) is 5.01. The van der Waals surface area contributed by atoms with E-state index in [1.807, 2.05) is 32.9 Å². The zero-order chi connectivity index (χ0) is 27.7. The van der Waals surface area contributed by atoms with E-state index < -0.39 is 0 Å². The van der Waals surface area contributed by atoms with Crippen LogP contribution in [0.5, 0.6) is 0 Å². The molecule has 0 bridgehead atoms. The fourth-order valence-corrected chi connectivity index (χ4v) is 5.77. The van der Waals surface area contributed by atoms with Crippen molar-refractivity contribution < 1.29 is 9.53 Å². The lowest BCUT2D eigenvalue weighted by molar-refractivity contribution is 0.0342. The number of ether oxygens (including phenoxy) is 1. The molecule has 3 heterocycles. The van der Waals surface area contributed by atoms with Gasteiger partial charge < -0.3 is 19.6 Å². The monoisotopic (exact) mass is 526 g/mol. The van der Waals surface area contributed by atoms with Gasteiger partial charge in [-0.05, 0) is 80.1 Å². The molecule has 7 nitrogen and oxygen atoms in total. The van der Waals surface area contributed by atoms with Crippen molar-refractivity contribution in [2.45, 2.75) is 54.3 Å². The average molecular weight is 527 g/mol. The highest BCUT2D eigenvalue weighted by Gasteiger charge is 2.21. The average Bonchev–Trinajstić information content (AvgIpc) is 3.26. The minimum atomic E-state index is -0.180. The van der Waals surface area contributed by atoms with Crippen molar-refractivity contribution in [1.29, 1.82) is 0 Å². The number of morpholine rings is 1. The lowest BCUT2D eigenvalue weighted by atomic mass is 9.93. The van der Waals surface area contributed by atoms with E-state index in [9.17, 15) is 9.59 Å². The van der Waals surface area contributed by atoms with E-state index in [4.69, 9.17) is 4.74 Å². The number of hydrogen-bond donors (Lipinski definition) is 2. The van der Waals surface area contributed by atoms with Gasteiger partial charge in [-0.3, -0.25) is 14.5 Å². The summed E-state index contributed by atoms with van der Waals surface area (Å²) in [5.41, 5.74) is 9.35. The topological polar surface area (TPSA) is 79.4 Å². The Hall–Kier alpha value is -3.68. The molecule has 0 saturated carbocycles. The third-order valence-corrected chi connectivity index (χ3v) is 7.86. The van der Waals surface area contributed by atoms with Gasteiger partial charge in [0, 0.05) is 61.1 Å². The van der Waals surface area contributed by atoms with E-state index in [0.717, 1.165) is 72.9 Å². The van der Waals surface area contributed by atoms with Gasteiger partial charge in [-0.25, -0.2) is 0 Å². The van der Waals surface area contributed by atoms with Gasteiger partial charge in [0.15, 0.2) is 0 Å². The van der Waals surface area contributed by atoms with Crippen LogP contribution in [-0.4, -0.2) is 46.7 Å². The van der Waals surface area contributed by atoms with Crippen LogP contribution in [0.25, 0.3) is 22.0 Å². The Kier molecular flexibility index (Phi) is 7.73. The van der Waals surface area contributed by atoms with Gasteiger partial charge in [-0.1, -0.05) is 24.3 Å². The summed E-state index contributed by atoms with van der Waals surface area (Å²) >= 11 is 0. The number of amides is 1. The van der Waals surface area contributed by atoms with Crippen LogP contribution in [-0.2, 0) is 24.4 Å². The molecule has 7 heteroatoms. The summed E-state index contributed by atoms with van der Waals surface area (Å²) in [6, 6.07) is 12.7. The van der Waals surface area contributed by atoms with Gasteiger partial charge in [0.1, 0.15) is 0 Å². The number of fused-ring (bicyclic) bond motifs is 1. The number of nitrogens with one attached hydrogen (secondary N) is 2. The summed E-state index contributed by atoms with van der Waals surface area (Å²) in [5.74, 6) is -0.180. The quantitative estimate of drug-likeness (QED) is 0.355. The molecule has 1 aliphatic heterocycles. The first-order chi connectivity index (χ1) is 18.8. The number of carbonyl (C=O) groups excluding carboxylic acids is 1. The first kappa shape index (κ1) is 26.9. The number of carbonyl (C=O) groups is 1. The first-order valence-corrected chi connectivity index (χ1v) is 13.8. The maximum atomic E-state index is 13.6. The van der Waals surface area contributed by atoms with Crippen molar-refractivity contribution >= 4 is 16.8 Å². The molecular weight excluding hydrogens is 488 g/mol. The summed E-state index contributed by atoms with van der Waals surface area (Å²) in [6.45, 7) is 15.4. The standard InChI is InChI=1S/C32H38N4O3/c1-6-36-18-21(3)29-27(25-9-7-24(8-10-25)19-35-11-13-39-14-12-35)16-26(23(5)30(29)36)31(37)33-17-28-20(2)15-22(4)34-32(28)38/h7-10,15-16,18H,6,11-14,17,19H2,1-5H3,(H,33,37)(H,34,38). The smallest absolute Gasteiger partial charge is 0.253 e. The maximum Gasteiger partial charge on any atom is 0.253 e. The molecule has 39 heavy (non-hydrogen) atoms. The molecule has 1 fully saturated rings. The van der Waals surface area contributed by atoms with Crippen LogP contribution in [0.15, 0.2) is 47.4 Å². The number of aromatic amines is 1. The van der Waals surface area contributed by atoms with Crippen molar-refractivity contribution in [1.82, 2.24) is 19.8 Å². The molecule has 0 spiro atoms. The molecule has 2 N–H and O–H groups in total. The van der Waals surface area contributed by atoms with E-state index in [0.29, 0.717) is 11.1 Å². The van der Waals surface area contributed by atoms with E-state index in [-0.39, 0.29) is 18.0 Å². The van der Waals surface area contributed by atoms with Gasteiger partial charge in [0.2, 0.25) is 0 Å². The fourth-order valence-electron chi connectivity index (χ4n) is 5.77. The Balaban J connectivity index is 1.51. The number of rotatable bonds is 7. The summed E-state index contributed by atoms with van der Waals surface area (Å²) < 4.78 is 7.71. The summed E-state index contributed by atoms with van der Waals surface area (Å²) in [4.78, 5) is 31.4. The fraction of sp³-hybridized carbons (Fsp3) is 0.375. The van der Waals surface area contributed by atoms with Gasteiger partial charge in [0.25, 0.3) is 11.5 Å². The van der Waals surface area contributed by atoms with E-state index in [2.05, 4.69) is 64.1 Å². The first-order valence-electron chi connectivity index (χ1n) is 13.8. The Morgan fingerprint density at radius 2 is 1.74 bits per heavy atom. The summed E-state index contributed by atoms with van der Waals surface area (Å²) in [7, 11) is 0. The SMILES string of the molecule is CCn1cc(C)c2c(-c3ccc(CN4CCOCC4)cc3)cc(C(=O)NCc3c(C)cc(C)[nH]c3=O)c(C)c21. The van der Waals surface area contributed by atoms with Gasteiger partial charge in [-0.15, -0.1) is 0 Å². The molecule has 1 amide bonds. The summed E-state index contributed by atoms with van der Waals surface area (Å²) in [6.07, 6.45) is 2.17. The Bertz CT molecular complexity index is 1570. The zero-order valence-electron chi connectivity index (χ0n) is 23.6. The Morgan fingerprint density at radius 1 is 1.03 bits per heavy atom. The predicted molar refractivity (Wildman–Crippen MR) is 156 cm³/mol. The van der Waals surface area contributed by atoms with Crippen LogP contribution in [0, 0.1) is 27.7 Å². The van der Waals surface area contributed by atoms with Crippen molar-refractivity contribution in [3.8, 4) is 11.1 Å². The highest BCUT2D eigenvalue weighted by Crippen LogP contribution is 2.36. The highest BCUT2D eigenvalue weighted by atomic mass is 16.5. The lowest BCUT2D eigenvalue weighted by Crippen LogP contribution is -2.35. The van der Waals surface area contributed by atoms with Gasteiger partial charge in [0.05, 0.1) is 18.7 Å². The molecule has 2 aromatic heterocycles. The van der Waals surface area contributed by atoms with Crippen LogP contribution >= 0.6 is 0 Å². The van der Waals surface area contributed by atoms with Crippen LogP contribution in [0.2, 0.25) is 0 Å². The van der Waals surface area contributed by atoms with Crippen LogP contribution in [0.1, 0.15) is 50.8 Å². The third-order valence-electron chi connectivity index (χ3n) is 7.86. The Labute approximate surface area is 229 Å².